The molecule has 1 aromatic carbocycles. The van der Waals surface area contributed by atoms with Crippen molar-refractivity contribution in [2.45, 2.75) is 32.8 Å². The van der Waals surface area contributed by atoms with Crippen molar-refractivity contribution in [2.75, 3.05) is 26.2 Å². The molecule has 114 valence electrons. The number of aryl methyl sites for hydroxylation is 1. The molecule has 0 aliphatic carbocycles. The van der Waals surface area contributed by atoms with Crippen molar-refractivity contribution < 1.29 is 9.84 Å². The minimum atomic E-state index is -0.411. The van der Waals surface area contributed by atoms with Crippen LogP contribution in [-0.2, 0) is 0 Å². The molecule has 1 aromatic rings. The lowest BCUT2D eigenvalue weighted by atomic mass is 10.0. The van der Waals surface area contributed by atoms with E-state index < -0.39 is 6.10 Å². The molecule has 2 unspecified atom stereocenters. The first-order valence-electron chi connectivity index (χ1n) is 7.23. The molecule has 4 heteroatoms. The first kappa shape index (κ1) is 17.3. The molecular formula is C16H26ClNO2. The van der Waals surface area contributed by atoms with E-state index in [0.717, 1.165) is 31.3 Å². The second kappa shape index (κ2) is 8.50. The molecular weight excluding hydrogens is 274 g/mol. The maximum atomic E-state index is 10.0. The lowest BCUT2D eigenvalue weighted by Gasteiger charge is -2.32. The van der Waals surface area contributed by atoms with Gasteiger partial charge in [0.05, 0.1) is 0 Å². The van der Waals surface area contributed by atoms with Crippen molar-refractivity contribution >= 4 is 12.4 Å². The molecule has 3 nitrogen and oxygen atoms in total. The molecule has 20 heavy (non-hydrogen) atoms. The van der Waals surface area contributed by atoms with E-state index in [1.54, 1.807) is 0 Å². The molecule has 1 N–H and O–H groups in total. The summed E-state index contributed by atoms with van der Waals surface area (Å²) in [4.78, 5) is 2.34. The smallest absolute Gasteiger partial charge is 0.119 e. The fourth-order valence-corrected chi connectivity index (χ4v) is 2.63. The fourth-order valence-electron chi connectivity index (χ4n) is 2.63. The number of hydrogen-bond donors (Lipinski definition) is 1. The van der Waals surface area contributed by atoms with E-state index >= 15 is 0 Å². The Labute approximate surface area is 128 Å². The Balaban J connectivity index is 0.00000200. The van der Waals surface area contributed by atoms with E-state index in [4.69, 9.17) is 4.74 Å². The second-order valence-electron chi connectivity index (χ2n) is 5.78. The summed E-state index contributed by atoms with van der Waals surface area (Å²) < 4.78 is 5.61. The third-order valence-corrected chi connectivity index (χ3v) is 3.67. The topological polar surface area (TPSA) is 32.7 Å². The maximum Gasteiger partial charge on any atom is 0.119 e. The van der Waals surface area contributed by atoms with E-state index in [0.29, 0.717) is 6.61 Å². The molecule has 0 saturated carbocycles. The van der Waals surface area contributed by atoms with Gasteiger partial charge in [0.2, 0.25) is 0 Å². The number of benzene rings is 1. The Morgan fingerprint density at radius 3 is 2.70 bits per heavy atom. The zero-order chi connectivity index (χ0) is 13.7. The largest absolute Gasteiger partial charge is 0.491 e. The van der Waals surface area contributed by atoms with Crippen LogP contribution < -0.4 is 4.74 Å². The zero-order valence-corrected chi connectivity index (χ0v) is 13.2. The third-order valence-electron chi connectivity index (χ3n) is 3.67. The number of halogens is 1. The van der Waals surface area contributed by atoms with Crippen LogP contribution in [0.1, 0.15) is 25.3 Å². The van der Waals surface area contributed by atoms with Gasteiger partial charge in [0.15, 0.2) is 0 Å². The first-order valence-corrected chi connectivity index (χ1v) is 7.23. The monoisotopic (exact) mass is 299 g/mol. The Kier molecular flexibility index (Phi) is 7.35. The minimum Gasteiger partial charge on any atom is -0.491 e. The summed E-state index contributed by atoms with van der Waals surface area (Å²) in [5.41, 5.74) is 1.22. The summed E-state index contributed by atoms with van der Waals surface area (Å²) in [6, 6.07) is 7.94. The Bertz CT molecular complexity index is 383. The predicted molar refractivity (Wildman–Crippen MR) is 84.8 cm³/mol. The fraction of sp³-hybridized carbons (Fsp3) is 0.625. The van der Waals surface area contributed by atoms with E-state index in [2.05, 4.69) is 18.7 Å². The van der Waals surface area contributed by atoms with E-state index in [1.165, 1.54) is 18.4 Å². The van der Waals surface area contributed by atoms with Gasteiger partial charge in [-0.25, -0.2) is 0 Å². The molecule has 0 bridgehead atoms. The average Bonchev–Trinajstić information content (AvgIpc) is 2.38. The van der Waals surface area contributed by atoms with Crippen molar-refractivity contribution in [3.8, 4) is 5.75 Å². The zero-order valence-electron chi connectivity index (χ0n) is 12.4. The van der Waals surface area contributed by atoms with Gasteiger partial charge in [-0.15, -0.1) is 12.4 Å². The number of likely N-dealkylation sites (tertiary alicyclic amines) is 1. The number of ether oxygens (including phenoxy) is 1. The van der Waals surface area contributed by atoms with Gasteiger partial charge in [0.25, 0.3) is 0 Å². The normalized spacial score (nSPS) is 21.1. The first-order chi connectivity index (χ1) is 9.13. The Morgan fingerprint density at radius 1 is 1.35 bits per heavy atom. The molecule has 1 aliphatic rings. The lowest BCUT2D eigenvalue weighted by Crippen LogP contribution is -2.41. The molecule has 1 heterocycles. The van der Waals surface area contributed by atoms with Crippen LogP contribution in [0.25, 0.3) is 0 Å². The highest BCUT2D eigenvalue weighted by atomic mass is 35.5. The van der Waals surface area contributed by atoms with Crippen molar-refractivity contribution in [3.63, 3.8) is 0 Å². The van der Waals surface area contributed by atoms with Crippen LogP contribution in [0.15, 0.2) is 24.3 Å². The molecule has 0 aromatic heterocycles. The van der Waals surface area contributed by atoms with Gasteiger partial charge >= 0.3 is 0 Å². The summed E-state index contributed by atoms with van der Waals surface area (Å²) in [5, 5.41) is 10.0. The number of β-amino-alcohol motifs (C(OH)–C–C–N with tert-alkyl or cyclic N) is 1. The molecule has 2 atom stereocenters. The summed E-state index contributed by atoms with van der Waals surface area (Å²) in [6.07, 6.45) is 2.14. The van der Waals surface area contributed by atoms with Crippen molar-refractivity contribution in [1.82, 2.24) is 4.90 Å². The van der Waals surface area contributed by atoms with Gasteiger partial charge in [0, 0.05) is 13.1 Å². The highest BCUT2D eigenvalue weighted by Gasteiger charge is 2.19. The van der Waals surface area contributed by atoms with Crippen LogP contribution >= 0.6 is 12.4 Å². The van der Waals surface area contributed by atoms with Crippen molar-refractivity contribution in [1.29, 1.82) is 0 Å². The second-order valence-corrected chi connectivity index (χ2v) is 5.78. The highest BCUT2D eigenvalue weighted by molar-refractivity contribution is 5.85. The van der Waals surface area contributed by atoms with Crippen LogP contribution in [0.5, 0.6) is 5.75 Å². The standard InChI is InChI=1S/C16H25NO2.ClH/c1-13-5-7-16(8-6-13)19-12-15(18)11-17-9-3-4-14(2)10-17;/h5-8,14-15,18H,3-4,9-12H2,1-2H3;1H. The quantitative estimate of drug-likeness (QED) is 0.907. The summed E-state index contributed by atoms with van der Waals surface area (Å²) in [5.74, 6) is 1.58. The number of nitrogens with zero attached hydrogens (tertiary/aromatic N) is 1. The molecule has 0 radical (unpaired) electrons. The average molecular weight is 300 g/mol. The summed E-state index contributed by atoms with van der Waals surface area (Å²) in [6.45, 7) is 7.62. The minimum absolute atomic E-state index is 0. The lowest BCUT2D eigenvalue weighted by molar-refractivity contribution is 0.0537. The van der Waals surface area contributed by atoms with Crippen LogP contribution in [0, 0.1) is 12.8 Å². The number of aliphatic hydroxyl groups is 1. The molecule has 1 saturated heterocycles. The van der Waals surface area contributed by atoms with Crippen LogP contribution in [0.4, 0.5) is 0 Å². The van der Waals surface area contributed by atoms with Crippen LogP contribution in [0.2, 0.25) is 0 Å². The van der Waals surface area contributed by atoms with E-state index in [1.807, 2.05) is 24.3 Å². The summed E-state index contributed by atoms with van der Waals surface area (Å²) in [7, 11) is 0. The van der Waals surface area contributed by atoms with E-state index in [-0.39, 0.29) is 12.4 Å². The van der Waals surface area contributed by atoms with Crippen molar-refractivity contribution in [3.05, 3.63) is 29.8 Å². The van der Waals surface area contributed by atoms with Crippen LogP contribution in [-0.4, -0.2) is 42.4 Å². The van der Waals surface area contributed by atoms with Gasteiger partial charge in [0.1, 0.15) is 18.5 Å². The highest BCUT2D eigenvalue weighted by Crippen LogP contribution is 2.16. The van der Waals surface area contributed by atoms with Gasteiger partial charge in [-0.1, -0.05) is 24.6 Å². The Morgan fingerprint density at radius 2 is 2.05 bits per heavy atom. The predicted octanol–water partition coefficient (Wildman–Crippen LogP) is 2.89. The molecule has 1 aliphatic heterocycles. The van der Waals surface area contributed by atoms with Gasteiger partial charge in [-0.2, -0.15) is 0 Å². The number of piperidine rings is 1. The van der Waals surface area contributed by atoms with Gasteiger partial charge in [-0.05, 0) is 44.4 Å². The SMILES string of the molecule is Cc1ccc(OCC(O)CN2CCCC(C)C2)cc1.Cl. The molecule has 0 spiro atoms. The number of rotatable bonds is 5. The molecule has 1 fully saturated rings. The van der Waals surface area contributed by atoms with Crippen molar-refractivity contribution in [2.24, 2.45) is 5.92 Å². The Hall–Kier alpha value is -0.770. The third kappa shape index (κ3) is 5.70. The summed E-state index contributed by atoms with van der Waals surface area (Å²) >= 11 is 0. The molecule has 0 amide bonds. The van der Waals surface area contributed by atoms with Gasteiger partial charge in [-0.3, -0.25) is 0 Å². The van der Waals surface area contributed by atoms with E-state index in [9.17, 15) is 5.11 Å². The number of hydrogen-bond acceptors (Lipinski definition) is 3. The molecule has 2 rings (SSSR count). The maximum absolute atomic E-state index is 10.0. The van der Waals surface area contributed by atoms with Crippen LogP contribution in [0.3, 0.4) is 0 Å². The van der Waals surface area contributed by atoms with Gasteiger partial charge < -0.3 is 14.7 Å². The number of aliphatic hydroxyl groups excluding tert-OH is 1.